The first kappa shape index (κ1) is 25.1. The normalized spacial score (nSPS) is 20.3. The molecule has 1 fully saturated rings. The lowest BCUT2D eigenvalue weighted by Gasteiger charge is -2.20. The van der Waals surface area contributed by atoms with Crippen molar-refractivity contribution in [3.63, 3.8) is 0 Å². The first-order valence-corrected chi connectivity index (χ1v) is 11.6. The number of carbonyl (C=O) groups is 3. The number of rotatable bonds is 9. The third-order valence-corrected chi connectivity index (χ3v) is 5.88. The summed E-state index contributed by atoms with van der Waals surface area (Å²) in [6.07, 6.45) is 0.799. The van der Waals surface area contributed by atoms with E-state index in [-0.39, 0.29) is 36.3 Å². The summed E-state index contributed by atoms with van der Waals surface area (Å²) in [5, 5.41) is 3.09. The van der Waals surface area contributed by atoms with Gasteiger partial charge in [0.05, 0.1) is 24.3 Å². The molecule has 3 rings (SSSR count). The number of methoxy groups -OCH3 is 1. The zero-order valence-corrected chi connectivity index (χ0v) is 21.2. The highest BCUT2D eigenvalue weighted by molar-refractivity contribution is 14.1. The second-order valence-corrected chi connectivity index (χ2v) is 9.34. The molecule has 0 spiro atoms. The lowest BCUT2D eigenvalue weighted by atomic mass is 10.1. The molecule has 33 heavy (non-hydrogen) atoms. The molecule has 3 atom stereocenters. The van der Waals surface area contributed by atoms with E-state index in [2.05, 4.69) is 37.9 Å². The standard InChI is InChI=1S/C21H27IN4O7/c1-10(2)19(28)31-8-14-13(33-20(29)11(3)4)6-15(32-14)26-7-12(22)16-17(26)24-21(23-9-27)25-18(16)30-5/h7,9-11,13-15H,6,8H2,1-5H3,(H,23,24,25,27)/t13-,14+,15-/m0/s1. The summed E-state index contributed by atoms with van der Waals surface area (Å²) in [7, 11) is 1.48. The highest BCUT2D eigenvalue weighted by Crippen LogP contribution is 2.38. The molecule has 0 aromatic carbocycles. The fraction of sp³-hybridized carbons (Fsp3) is 0.571. The lowest BCUT2D eigenvalue weighted by molar-refractivity contribution is -0.162. The fourth-order valence-corrected chi connectivity index (χ4v) is 4.09. The van der Waals surface area contributed by atoms with Gasteiger partial charge in [-0.05, 0) is 22.6 Å². The number of aromatic nitrogens is 3. The van der Waals surface area contributed by atoms with Gasteiger partial charge in [0.1, 0.15) is 25.0 Å². The Labute approximate surface area is 204 Å². The van der Waals surface area contributed by atoms with Gasteiger partial charge in [-0.15, -0.1) is 0 Å². The molecule has 1 amide bonds. The highest BCUT2D eigenvalue weighted by atomic mass is 127. The largest absolute Gasteiger partial charge is 0.480 e. The van der Waals surface area contributed by atoms with E-state index in [0.29, 0.717) is 29.7 Å². The molecular formula is C21H27IN4O7. The van der Waals surface area contributed by atoms with Crippen molar-refractivity contribution in [3.05, 3.63) is 9.77 Å². The first-order valence-electron chi connectivity index (χ1n) is 10.5. The zero-order valence-electron chi connectivity index (χ0n) is 19.0. The Morgan fingerprint density at radius 3 is 2.58 bits per heavy atom. The van der Waals surface area contributed by atoms with Crippen LogP contribution in [-0.4, -0.2) is 58.8 Å². The average molecular weight is 574 g/mol. The van der Waals surface area contributed by atoms with Crippen LogP contribution < -0.4 is 10.1 Å². The molecule has 0 unspecified atom stereocenters. The van der Waals surface area contributed by atoms with Gasteiger partial charge in [-0.25, -0.2) is 0 Å². The molecule has 180 valence electrons. The van der Waals surface area contributed by atoms with Crippen LogP contribution in [0.2, 0.25) is 0 Å². The smallest absolute Gasteiger partial charge is 0.308 e. The molecule has 2 aromatic rings. The number of anilines is 1. The van der Waals surface area contributed by atoms with Gasteiger partial charge in [0.25, 0.3) is 0 Å². The van der Waals surface area contributed by atoms with Crippen LogP contribution in [0.3, 0.4) is 0 Å². The van der Waals surface area contributed by atoms with Crippen LogP contribution in [0.25, 0.3) is 11.0 Å². The Balaban J connectivity index is 1.94. The summed E-state index contributed by atoms with van der Waals surface area (Å²) in [6.45, 7) is 6.92. The van der Waals surface area contributed by atoms with E-state index in [0.717, 1.165) is 3.57 Å². The van der Waals surface area contributed by atoms with Gasteiger partial charge >= 0.3 is 11.9 Å². The zero-order chi connectivity index (χ0) is 24.3. The quantitative estimate of drug-likeness (QED) is 0.273. The summed E-state index contributed by atoms with van der Waals surface area (Å²) >= 11 is 2.14. The Morgan fingerprint density at radius 2 is 1.97 bits per heavy atom. The van der Waals surface area contributed by atoms with Crippen LogP contribution >= 0.6 is 22.6 Å². The fourth-order valence-electron chi connectivity index (χ4n) is 3.32. The van der Waals surface area contributed by atoms with Crippen molar-refractivity contribution >= 4 is 57.9 Å². The SMILES string of the molecule is COc1nc(NC=O)nc2c1c(I)cn2[C@@H]1C[C@H](OC(=O)C(C)C)[C@@H](COC(=O)C(C)C)O1. The molecule has 12 heteroatoms. The van der Waals surface area contributed by atoms with Crippen molar-refractivity contribution in [3.8, 4) is 5.88 Å². The van der Waals surface area contributed by atoms with E-state index < -0.39 is 18.4 Å². The predicted octanol–water partition coefficient (Wildman–Crippen LogP) is 2.67. The molecule has 0 radical (unpaired) electrons. The summed E-state index contributed by atoms with van der Waals surface area (Å²) in [4.78, 5) is 43.8. The van der Waals surface area contributed by atoms with Crippen LogP contribution in [0.5, 0.6) is 5.88 Å². The number of esters is 2. The van der Waals surface area contributed by atoms with Crippen LogP contribution in [0.15, 0.2) is 6.20 Å². The molecule has 0 bridgehead atoms. The number of ether oxygens (including phenoxy) is 4. The van der Waals surface area contributed by atoms with E-state index >= 15 is 0 Å². The lowest BCUT2D eigenvalue weighted by Crippen LogP contribution is -2.33. The van der Waals surface area contributed by atoms with Crippen molar-refractivity contribution in [2.45, 2.75) is 52.6 Å². The second kappa shape index (κ2) is 10.6. The molecule has 1 N–H and O–H groups in total. The number of carbonyl (C=O) groups excluding carboxylic acids is 3. The van der Waals surface area contributed by atoms with Crippen LogP contribution in [0, 0.1) is 15.4 Å². The molecule has 0 aliphatic carbocycles. The minimum absolute atomic E-state index is 0.0455. The van der Waals surface area contributed by atoms with Crippen LogP contribution in [-0.2, 0) is 28.6 Å². The molecule has 2 aromatic heterocycles. The Bertz CT molecular complexity index is 1040. The molecule has 1 saturated heterocycles. The number of nitrogens with zero attached hydrogens (tertiary/aromatic N) is 3. The van der Waals surface area contributed by atoms with Crippen molar-refractivity contribution in [1.29, 1.82) is 0 Å². The molecule has 11 nitrogen and oxygen atoms in total. The Kier molecular flexibility index (Phi) is 8.10. The second-order valence-electron chi connectivity index (χ2n) is 8.18. The van der Waals surface area contributed by atoms with Crippen LogP contribution in [0.4, 0.5) is 5.95 Å². The Hall–Kier alpha value is -2.48. The number of hydrogen-bond acceptors (Lipinski definition) is 9. The third-order valence-electron chi connectivity index (χ3n) is 5.06. The van der Waals surface area contributed by atoms with Gasteiger partial charge in [-0.3, -0.25) is 19.7 Å². The van der Waals surface area contributed by atoms with Gasteiger partial charge in [0, 0.05) is 16.2 Å². The maximum atomic E-state index is 12.3. The maximum absolute atomic E-state index is 12.3. The number of nitrogens with one attached hydrogen (secondary N) is 1. The highest BCUT2D eigenvalue weighted by Gasteiger charge is 2.41. The number of amides is 1. The molecule has 3 heterocycles. The molecular weight excluding hydrogens is 547 g/mol. The first-order chi connectivity index (χ1) is 15.7. The summed E-state index contributed by atoms with van der Waals surface area (Å²) in [5.41, 5.74) is 0.481. The molecule has 1 aliphatic heterocycles. The number of fused-ring (bicyclic) bond motifs is 1. The number of halogens is 1. The summed E-state index contributed by atoms with van der Waals surface area (Å²) < 4.78 is 25.2. The topological polar surface area (TPSA) is 131 Å². The van der Waals surface area contributed by atoms with Crippen LogP contribution in [0.1, 0.15) is 40.3 Å². The van der Waals surface area contributed by atoms with E-state index in [9.17, 15) is 14.4 Å². The summed E-state index contributed by atoms with van der Waals surface area (Å²) in [5.74, 6) is -0.951. The predicted molar refractivity (Wildman–Crippen MR) is 126 cm³/mol. The van der Waals surface area contributed by atoms with Gasteiger partial charge in [-0.1, -0.05) is 27.7 Å². The van der Waals surface area contributed by atoms with Crippen molar-refractivity contribution in [1.82, 2.24) is 14.5 Å². The maximum Gasteiger partial charge on any atom is 0.308 e. The van der Waals surface area contributed by atoms with Crippen molar-refractivity contribution in [2.75, 3.05) is 19.0 Å². The van der Waals surface area contributed by atoms with E-state index in [1.165, 1.54) is 7.11 Å². The summed E-state index contributed by atoms with van der Waals surface area (Å²) in [6, 6.07) is 0. The Morgan fingerprint density at radius 1 is 1.27 bits per heavy atom. The van der Waals surface area contributed by atoms with Gasteiger partial charge in [-0.2, -0.15) is 9.97 Å². The van der Waals surface area contributed by atoms with E-state index in [1.54, 1.807) is 32.3 Å². The average Bonchev–Trinajstić information content (AvgIpc) is 3.32. The van der Waals surface area contributed by atoms with E-state index in [1.807, 2.05) is 6.20 Å². The van der Waals surface area contributed by atoms with Gasteiger partial charge in [0.15, 0.2) is 5.65 Å². The van der Waals surface area contributed by atoms with Crippen molar-refractivity contribution in [2.24, 2.45) is 11.8 Å². The monoisotopic (exact) mass is 574 g/mol. The van der Waals surface area contributed by atoms with E-state index in [4.69, 9.17) is 18.9 Å². The third kappa shape index (κ3) is 5.54. The van der Waals surface area contributed by atoms with Gasteiger partial charge in [0.2, 0.25) is 18.2 Å². The minimum Gasteiger partial charge on any atom is -0.480 e. The van der Waals surface area contributed by atoms with Gasteiger partial charge < -0.3 is 23.5 Å². The minimum atomic E-state index is -0.646. The number of hydrogen-bond donors (Lipinski definition) is 1. The molecule has 1 aliphatic rings. The molecule has 0 saturated carbocycles. The van der Waals surface area contributed by atoms with Crippen molar-refractivity contribution < 1.29 is 33.3 Å².